The molecule has 2 atom stereocenters. The molecule has 0 amide bonds. The molecule has 2 nitrogen and oxygen atoms in total. The summed E-state index contributed by atoms with van der Waals surface area (Å²) in [6, 6.07) is 2.10. The number of nitrogens with zero attached hydrogens (tertiary/aromatic N) is 2. The molecule has 16 heavy (non-hydrogen) atoms. The number of anilines is 1. The summed E-state index contributed by atoms with van der Waals surface area (Å²) in [5.74, 6) is 1.72. The van der Waals surface area contributed by atoms with E-state index in [2.05, 4.69) is 9.88 Å². The number of piperidine rings is 1. The van der Waals surface area contributed by atoms with Gasteiger partial charge in [0.15, 0.2) is 0 Å². The number of alkyl halides is 1. The fourth-order valence-electron chi connectivity index (χ4n) is 3.02. The van der Waals surface area contributed by atoms with Gasteiger partial charge in [0, 0.05) is 18.2 Å². The van der Waals surface area contributed by atoms with Gasteiger partial charge < -0.3 is 4.90 Å². The summed E-state index contributed by atoms with van der Waals surface area (Å²) >= 11 is 5.85. The molecule has 0 radical (unpaired) electrons. The zero-order valence-corrected chi connectivity index (χ0v) is 9.75. The second-order valence-corrected chi connectivity index (χ2v) is 5.02. The smallest absolute Gasteiger partial charge is 0.141 e. The van der Waals surface area contributed by atoms with Gasteiger partial charge in [0.2, 0.25) is 0 Å². The zero-order chi connectivity index (χ0) is 11.1. The number of hydrogen-bond acceptors (Lipinski definition) is 2. The number of halogens is 2. The second-order valence-electron chi connectivity index (χ2n) is 4.76. The molecule has 1 saturated carbocycles. The Kier molecular flexibility index (Phi) is 2.51. The Labute approximate surface area is 99.4 Å². The highest BCUT2D eigenvalue weighted by molar-refractivity contribution is 6.17. The summed E-state index contributed by atoms with van der Waals surface area (Å²) in [7, 11) is 0. The Morgan fingerprint density at radius 2 is 2.38 bits per heavy atom. The van der Waals surface area contributed by atoms with Crippen LogP contribution in [0.4, 0.5) is 10.2 Å². The average Bonchev–Trinajstić information content (AvgIpc) is 2.90. The minimum Gasteiger partial charge on any atom is -0.353 e. The molecule has 2 fully saturated rings. The van der Waals surface area contributed by atoms with Gasteiger partial charge in [0.05, 0.1) is 12.1 Å². The van der Waals surface area contributed by atoms with Crippen LogP contribution >= 0.6 is 11.6 Å². The lowest BCUT2D eigenvalue weighted by atomic mass is 10.1. The Morgan fingerprint density at radius 1 is 1.50 bits per heavy atom. The van der Waals surface area contributed by atoms with Crippen molar-refractivity contribution < 1.29 is 4.39 Å². The Hall–Kier alpha value is -0.830. The van der Waals surface area contributed by atoms with Gasteiger partial charge in [0.25, 0.3) is 0 Å². The molecule has 86 valence electrons. The maximum absolute atomic E-state index is 13.1. The van der Waals surface area contributed by atoms with Crippen molar-refractivity contribution in [3.8, 4) is 0 Å². The van der Waals surface area contributed by atoms with Crippen LogP contribution in [0.5, 0.6) is 0 Å². The van der Waals surface area contributed by atoms with Crippen molar-refractivity contribution in [3.63, 3.8) is 0 Å². The normalized spacial score (nSPS) is 27.8. The van der Waals surface area contributed by atoms with Crippen LogP contribution in [0.25, 0.3) is 0 Å². The zero-order valence-electron chi connectivity index (χ0n) is 9.00. The first kappa shape index (κ1) is 10.3. The van der Waals surface area contributed by atoms with Crippen LogP contribution in [0.1, 0.15) is 24.8 Å². The molecular formula is C12H14ClFN2. The summed E-state index contributed by atoms with van der Waals surface area (Å²) in [6.45, 7) is 1.06. The van der Waals surface area contributed by atoms with E-state index in [1.54, 1.807) is 0 Å². The maximum atomic E-state index is 13.1. The molecule has 2 bridgehead atoms. The first-order valence-electron chi connectivity index (χ1n) is 5.75. The van der Waals surface area contributed by atoms with Crippen molar-refractivity contribution in [1.82, 2.24) is 4.98 Å². The van der Waals surface area contributed by atoms with Crippen molar-refractivity contribution in [2.75, 3.05) is 11.4 Å². The van der Waals surface area contributed by atoms with Crippen LogP contribution in [0, 0.1) is 11.7 Å². The molecule has 1 saturated heterocycles. The van der Waals surface area contributed by atoms with Crippen LogP contribution in [0.3, 0.4) is 0 Å². The van der Waals surface area contributed by atoms with Gasteiger partial charge in [-0.3, -0.25) is 0 Å². The summed E-state index contributed by atoms with van der Waals surface area (Å²) in [5.41, 5.74) is 0.814. The third-order valence-electron chi connectivity index (χ3n) is 3.73. The van der Waals surface area contributed by atoms with E-state index < -0.39 is 0 Å². The molecule has 1 aromatic rings. The van der Waals surface area contributed by atoms with E-state index in [0.717, 1.165) is 23.8 Å². The molecule has 3 rings (SSSR count). The van der Waals surface area contributed by atoms with Crippen LogP contribution in [0.15, 0.2) is 12.3 Å². The minimum atomic E-state index is -0.302. The van der Waals surface area contributed by atoms with Gasteiger partial charge in [-0.1, -0.05) is 0 Å². The highest BCUT2D eigenvalue weighted by Crippen LogP contribution is 2.40. The number of hydrogen-bond donors (Lipinski definition) is 0. The molecule has 2 unspecified atom stereocenters. The van der Waals surface area contributed by atoms with Crippen LogP contribution in [0.2, 0.25) is 0 Å². The van der Waals surface area contributed by atoms with Gasteiger partial charge in [-0.2, -0.15) is 0 Å². The number of rotatable bonds is 2. The Bertz CT molecular complexity index is 410. The van der Waals surface area contributed by atoms with E-state index >= 15 is 0 Å². The molecule has 0 N–H and O–H groups in total. The number of pyridine rings is 1. The number of aromatic nitrogens is 1. The van der Waals surface area contributed by atoms with E-state index in [0.29, 0.717) is 11.9 Å². The average molecular weight is 241 g/mol. The first-order chi connectivity index (χ1) is 7.78. The fraction of sp³-hybridized carbons (Fsp3) is 0.583. The van der Waals surface area contributed by atoms with E-state index in [9.17, 15) is 4.39 Å². The monoisotopic (exact) mass is 240 g/mol. The van der Waals surface area contributed by atoms with E-state index in [1.807, 2.05) is 0 Å². The van der Waals surface area contributed by atoms with Crippen molar-refractivity contribution in [3.05, 3.63) is 23.6 Å². The van der Waals surface area contributed by atoms with Crippen LogP contribution in [-0.4, -0.2) is 17.6 Å². The highest BCUT2D eigenvalue weighted by atomic mass is 35.5. The van der Waals surface area contributed by atoms with Gasteiger partial charge >= 0.3 is 0 Å². The predicted octanol–water partition coefficient (Wildman–Crippen LogP) is 2.95. The second kappa shape index (κ2) is 3.88. The lowest BCUT2D eigenvalue weighted by Crippen LogP contribution is -2.33. The van der Waals surface area contributed by atoms with Crippen molar-refractivity contribution >= 4 is 17.4 Å². The molecule has 2 aliphatic rings. The SMILES string of the molecule is Fc1cnc(N2CC3CCC2C3)c(CCl)c1. The third kappa shape index (κ3) is 1.58. The highest BCUT2D eigenvalue weighted by Gasteiger charge is 2.39. The summed E-state index contributed by atoms with van der Waals surface area (Å²) < 4.78 is 13.1. The van der Waals surface area contributed by atoms with E-state index in [1.165, 1.54) is 31.5 Å². The molecule has 2 heterocycles. The molecule has 1 aliphatic heterocycles. The van der Waals surface area contributed by atoms with E-state index in [4.69, 9.17) is 11.6 Å². The largest absolute Gasteiger partial charge is 0.353 e. The standard InChI is InChI=1S/C12H14ClFN2/c13-5-9-4-10(14)6-15-12(9)16-7-8-1-2-11(16)3-8/h4,6,8,11H,1-3,5,7H2. The van der Waals surface area contributed by atoms with E-state index in [-0.39, 0.29) is 5.82 Å². The Morgan fingerprint density at radius 3 is 3.00 bits per heavy atom. The van der Waals surface area contributed by atoms with Crippen molar-refractivity contribution in [2.45, 2.75) is 31.2 Å². The summed E-state index contributed by atoms with van der Waals surface area (Å²) in [4.78, 5) is 6.53. The van der Waals surface area contributed by atoms with Crippen molar-refractivity contribution in [2.24, 2.45) is 5.92 Å². The minimum absolute atomic E-state index is 0.302. The fourth-order valence-corrected chi connectivity index (χ4v) is 3.21. The van der Waals surface area contributed by atoms with Crippen LogP contribution < -0.4 is 4.90 Å². The first-order valence-corrected chi connectivity index (χ1v) is 6.28. The molecule has 1 aliphatic carbocycles. The molecule has 0 spiro atoms. The molecule has 4 heteroatoms. The molecular weight excluding hydrogens is 227 g/mol. The predicted molar refractivity (Wildman–Crippen MR) is 62.2 cm³/mol. The quantitative estimate of drug-likeness (QED) is 0.739. The third-order valence-corrected chi connectivity index (χ3v) is 4.02. The lowest BCUT2D eigenvalue weighted by molar-refractivity contribution is 0.547. The van der Waals surface area contributed by atoms with Gasteiger partial charge in [-0.25, -0.2) is 9.37 Å². The van der Waals surface area contributed by atoms with Gasteiger partial charge in [0.1, 0.15) is 11.6 Å². The Balaban J connectivity index is 1.94. The summed E-state index contributed by atoms with van der Waals surface area (Å²) in [6.07, 6.45) is 5.13. The van der Waals surface area contributed by atoms with Crippen LogP contribution in [-0.2, 0) is 5.88 Å². The molecule has 1 aromatic heterocycles. The summed E-state index contributed by atoms with van der Waals surface area (Å²) in [5, 5.41) is 0. The van der Waals surface area contributed by atoms with Crippen molar-refractivity contribution in [1.29, 1.82) is 0 Å². The molecule has 0 aromatic carbocycles. The number of fused-ring (bicyclic) bond motifs is 2. The topological polar surface area (TPSA) is 16.1 Å². The van der Waals surface area contributed by atoms with Gasteiger partial charge in [-0.05, 0) is 31.2 Å². The lowest BCUT2D eigenvalue weighted by Gasteiger charge is -2.29. The van der Waals surface area contributed by atoms with Gasteiger partial charge in [-0.15, -0.1) is 11.6 Å². The maximum Gasteiger partial charge on any atom is 0.141 e.